The van der Waals surface area contributed by atoms with E-state index >= 15 is 0 Å². The molecule has 0 aliphatic heterocycles. The van der Waals surface area contributed by atoms with Crippen LogP contribution in [-0.4, -0.2) is 37.4 Å². The van der Waals surface area contributed by atoms with Crippen molar-refractivity contribution in [1.82, 2.24) is 19.2 Å². The Morgan fingerprint density at radius 2 is 2.08 bits per heavy atom. The smallest absolute Gasteiger partial charge is 0.343 e. The second-order valence-corrected chi connectivity index (χ2v) is 5.76. The lowest BCUT2D eigenvalue weighted by Crippen LogP contribution is -2.18. The number of carbonyl (C=O) groups is 1. The SMILES string of the molecule is COC(=O)c1c(C)nn2c1ncc1c(=O)n(-c3cccc(O)c3)ccc12. The van der Waals surface area contributed by atoms with E-state index in [1.54, 1.807) is 31.3 Å². The molecule has 26 heavy (non-hydrogen) atoms. The fourth-order valence-corrected chi connectivity index (χ4v) is 2.96. The Hall–Kier alpha value is -3.68. The molecule has 4 aromatic rings. The van der Waals surface area contributed by atoms with Crippen LogP contribution in [0.1, 0.15) is 16.1 Å². The van der Waals surface area contributed by atoms with Gasteiger partial charge in [-0.1, -0.05) is 6.07 Å². The number of aromatic nitrogens is 4. The molecule has 0 amide bonds. The summed E-state index contributed by atoms with van der Waals surface area (Å²) in [7, 11) is 1.29. The van der Waals surface area contributed by atoms with Crippen LogP contribution in [0.3, 0.4) is 0 Å². The second-order valence-electron chi connectivity index (χ2n) is 5.76. The number of ether oxygens (including phenoxy) is 1. The van der Waals surface area contributed by atoms with Crippen LogP contribution in [0.25, 0.3) is 22.2 Å². The van der Waals surface area contributed by atoms with Gasteiger partial charge >= 0.3 is 5.97 Å². The van der Waals surface area contributed by atoms with Gasteiger partial charge in [0.25, 0.3) is 5.56 Å². The number of phenols is 1. The van der Waals surface area contributed by atoms with E-state index in [4.69, 9.17) is 4.74 Å². The summed E-state index contributed by atoms with van der Waals surface area (Å²) in [5.41, 5.74) is 1.81. The summed E-state index contributed by atoms with van der Waals surface area (Å²) >= 11 is 0. The summed E-state index contributed by atoms with van der Waals surface area (Å²) in [5.74, 6) is -0.467. The first-order valence-corrected chi connectivity index (χ1v) is 7.78. The van der Waals surface area contributed by atoms with Gasteiger partial charge in [0.05, 0.1) is 29.4 Å². The maximum absolute atomic E-state index is 12.9. The molecule has 0 spiro atoms. The Kier molecular flexibility index (Phi) is 3.47. The van der Waals surface area contributed by atoms with Gasteiger partial charge < -0.3 is 9.84 Å². The fourth-order valence-electron chi connectivity index (χ4n) is 2.96. The highest BCUT2D eigenvalue weighted by Gasteiger charge is 2.21. The van der Waals surface area contributed by atoms with Gasteiger partial charge in [0, 0.05) is 18.5 Å². The fraction of sp³-hybridized carbons (Fsp3) is 0.111. The summed E-state index contributed by atoms with van der Waals surface area (Å²) < 4.78 is 7.66. The van der Waals surface area contributed by atoms with Crippen LogP contribution in [0.5, 0.6) is 5.75 Å². The first kappa shape index (κ1) is 15.8. The molecule has 0 radical (unpaired) electrons. The van der Waals surface area contributed by atoms with Gasteiger partial charge in [0.15, 0.2) is 5.65 Å². The number of hydrogen-bond donors (Lipinski definition) is 1. The molecule has 3 heterocycles. The molecular formula is C18H14N4O4. The lowest BCUT2D eigenvalue weighted by Gasteiger charge is -2.08. The summed E-state index contributed by atoms with van der Waals surface area (Å²) in [5, 5.41) is 14.3. The number of phenolic OH excluding ortho intramolecular Hbond substituents is 1. The van der Waals surface area contributed by atoms with E-state index in [0.717, 1.165) is 0 Å². The van der Waals surface area contributed by atoms with Gasteiger partial charge in [-0.05, 0) is 25.1 Å². The molecule has 0 unspecified atom stereocenters. The summed E-state index contributed by atoms with van der Waals surface area (Å²) in [6.45, 7) is 1.68. The molecule has 0 saturated carbocycles. The van der Waals surface area contributed by atoms with Crippen LogP contribution in [0.4, 0.5) is 0 Å². The number of benzene rings is 1. The third-order valence-electron chi connectivity index (χ3n) is 4.18. The molecule has 0 aliphatic carbocycles. The molecule has 0 fully saturated rings. The quantitative estimate of drug-likeness (QED) is 0.554. The van der Waals surface area contributed by atoms with Crippen LogP contribution in [0.15, 0.2) is 47.5 Å². The number of pyridine rings is 1. The summed E-state index contributed by atoms with van der Waals surface area (Å²) in [6, 6.07) is 8.10. The van der Waals surface area contributed by atoms with Crippen LogP contribution < -0.4 is 5.56 Å². The molecule has 0 atom stereocenters. The number of fused-ring (bicyclic) bond motifs is 3. The van der Waals surface area contributed by atoms with Crippen molar-refractivity contribution < 1.29 is 14.6 Å². The normalized spacial score (nSPS) is 11.2. The summed E-state index contributed by atoms with van der Waals surface area (Å²) in [4.78, 5) is 29.1. The number of aryl methyl sites for hydroxylation is 1. The average molecular weight is 350 g/mol. The number of esters is 1. The average Bonchev–Trinajstić information content (AvgIpc) is 2.97. The first-order chi connectivity index (χ1) is 12.5. The second kappa shape index (κ2) is 5.69. The Labute approximate surface area is 146 Å². The van der Waals surface area contributed by atoms with Gasteiger partial charge in [-0.25, -0.2) is 14.3 Å². The Morgan fingerprint density at radius 3 is 2.81 bits per heavy atom. The highest BCUT2D eigenvalue weighted by molar-refractivity contribution is 5.98. The van der Waals surface area contributed by atoms with E-state index in [1.807, 2.05) is 0 Å². The van der Waals surface area contributed by atoms with Crippen molar-refractivity contribution in [3.05, 3.63) is 64.3 Å². The van der Waals surface area contributed by atoms with Crippen molar-refractivity contribution in [2.75, 3.05) is 7.11 Å². The highest BCUT2D eigenvalue weighted by atomic mass is 16.5. The molecule has 0 bridgehead atoms. The van der Waals surface area contributed by atoms with Crippen LogP contribution >= 0.6 is 0 Å². The highest BCUT2D eigenvalue weighted by Crippen LogP contribution is 2.20. The Morgan fingerprint density at radius 1 is 1.27 bits per heavy atom. The van der Waals surface area contributed by atoms with Crippen molar-refractivity contribution in [3.8, 4) is 11.4 Å². The number of nitrogens with zero attached hydrogens (tertiary/aromatic N) is 4. The van der Waals surface area contributed by atoms with E-state index < -0.39 is 5.97 Å². The van der Waals surface area contributed by atoms with Gasteiger partial charge in [-0.15, -0.1) is 0 Å². The lowest BCUT2D eigenvalue weighted by molar-refractivity contribution is 0.0602. The van der Waals surface area contributed by atoms with Crippen molar-refractivity contribution in [1.29, 1.82) is 0 Å². The number of carbonyl (C=O) groups excluding carboxylic acids is 1. The molecule has 0 aliphatic rings. The lowest BCUT2D eigenvalue weighted by atomic mass is 10.2. The minimum Gasteiger partial charge on any atom is -0.508 e. The minimum atomic E-state index is -0.530. The van der Waals surface area contributed by atoms with E-state index in [9.17, 15) is 14.7 Å². The molecule has 8 heteroatoms. The maximum Gasteiger partial charge on any atom is 0.343 e. The minimum absolute atomic E-state index is 0.0634. The molecular weight excluding hydrogens is 336 g/mol. The maximum atomic E-state index is 12.9. The van der Waals surface area contributed by atoms with Crippen LogP contribution in [-0.2, 0) is 4.74 Å². The molecule has 4 rings (SSSR count). The van der Waals surface area contributed by atoms with Gasteiger partial charge in [0.1, 0.15) is 11.3 Å². The molecule has 3 aromatic heterocycles. The third kappa shape index (κ3) is 2.23. The summed E-state index contributed by atoms with van der Waals surface area (Å²) in [6.07, 6.45) is 3.01. The molecule has 8 nitrogen and oxygen atoms in total. The van der Waals surface area contributed by atoms with E-state index in [-0.39, 0.29) is 16.9 Å². The van der Waals surface area contributed by atoms with Crippen LogP contribution in [0.2, 0.25) is 0 Å². The van der Waals surface area contributed by atoms with Crippen molar-refractivity contribution in [3.63, 3.8) is 0 Å². The number of hydrogen-bond acceptors (Lipinski definition) is 6. The van der Waals surface area contributed by atoms with Gasteiger partial charge in [-0.3, -0.25) is 9.36 Å². The molecule has 130 valence electrons. The van der Waals surface area contributed by atoms with E-state index in [2.05, 4.69) is 10.1 Å². The molecule has 1 aromatic carbocycles. The van der Waals surface area contributed by atoms with E-state index in [1.165, 1.54) is 34.5 Å². The molecule has 1 N–H and O–H groups in total. The monoisotopic (exact) mass is 350 g/mol. The van der Waals surface area contributed by atoms with Gasteiger partial charge in [0.2, 0.25) is 0 Å². The predicted octanol–water partition coefficient (Wildman–Crippen LogP) is 1.83. The van der Waals surface area contributed by atoms with Crippen molar-refractivity contribution >= 4 is 22.5 Å². The third-order valence-corrected chi connectivity index (χ3v) is 4.18. The van der Waals surface area contributed by atoms with E-state index in [0.29, 0.717) is 27.9 Å². The zero-order chi connectivity index (χ0) is 18.4. The number of methoxy groups -OCH3 is 1. The topological polar surface area (TPSA) is 98.7 Å². The first-order valence-electron chi connectivity index (χ1n) is 7.78. The number of rotatable bonds is 2. The van der Waals surface area contributed by atoms with Crippen LogP contribution in [0, 0.1) is 6.92 Å². The Balaban J connectivity index is 2.02. The van der Waals surface area contributed by atoms with Gasteiger partial charge in [-0.2, -0.15) is 5.10 Å². The standard InChI is InChI=1S/C18H14N4O4/c1-10-15(18(25)26-2)16-19-9-13-14(22(16)20-10)6-7-21(17(13)24)11-4-3-5-12(23)8-11/h3-9,23H,1-2H3. The zero-order valence-electron chi connectivity index (χ0n) is 14.0. The Bertz CT molecular complexity index is 1240. The number of aromatic hydroxyl groups is 1. The zero-order valence-corrected chi connectivity index (χ0v) is 14.0. The molecule has 0 saturated heterocycles. The van der Waals surface area contributed by atoms with Crippen molar-refractivity contribution in [2.45, 2.75) is 6.92 Å². The predicted molar refractivity (Wildman–Crippen MR) is 93.8 cm³/mol. The largest absolute Gasteiger partial charge is 0.508 e. The van der Waals surface area contributed by atoms with Crippen molar-refractivity contribution in [2.24, 2.45) is 0 Å².